The van der Waals surface area contributed by atoms with E-state index in [-0.39, 0.29) is 13.1 Å². The van der Waals surface area contributed by atoms with Crippen LogP contribution in [0.1, 0.15) is 11.1 Å². The number of nitrogens with zero attached hydrogens (tertiary/aromatic N) is 4. The standard InChI is InChI=1S/C24H19N5O3/c30-21-19-13-7-8-14-20(19)26-27-29(21)16-28-22(31)24(25-23(28)32,18-11-5-2-6-12-18)15-17-9-3-1-4-10-17/h1-14H,15-16H2,(H,25,32). The van der Waals surface area contributed by atoms with E-state index in [1.54, 1.807) is 24.3 Å². The van der Waals surface area contributed by atoms with Crippen molar-refractivity contribution in [3.8, 4) is 0 Å². The fraction of sp³-hybridized carbons (Fsp3) is 0.125. The number of amides is 3. The Morgan fingerprint density at radius 2 is 1.47 bits per heavy atom. The Morgan fingerprint density at radius 1 is 0.812 bits per heavy atom. The lowest BCUT2D eigenvalue weighted by molar-refractivity contribution is -0.133. The molecule has 1 atom stereocenters. The van der Waals surface area contributed by atoms with Crippen LogP contribution in [0.15, 0.2) is 89.7 Å². The van der Waals surface area contributed by atoms with Crippen molar-refractivity contribution in [2.75, 3.05) is 0 Å². The van der Waals surface area contributed by atoms with Crippen LogP contribution in [-0.2, 0) is 23.4 Å². The molecule has 158 valence electrons. The van der Waals surface area contributed by atoms with Crippen LogP contribution < -0.4 is 10.9 Å². The number of rotatable bonds is 5. The molecule has 4 aromatic rings. The highest BCUT2D eigenvalue weighted by Gasteiger charge is 2.52. The van der Waals surface area contributed by atoms with Crippen molar-refractivity contribution in [3.05, 3.63) is 106 Å². The summed E-state index contributed by atoms with van der Waals surface area (Å²) in [6.07, 6.45) is 0.275. The van der Waals surface area contributed by atoms with E-state index in [4.69, 9.17) is 0 Å². The fourth-order valence-corrected chi connectivity index (χ4v) is 4.05. The molecule has 3 amide bonds. The van der Waals surface area contributed by atoms with Crippen LogP contribution in [-0.4, -0.2) is 31.8 Å². The zero-order valence-corrected chi connectivity index (χ0v) is 17.0. The highest BCUT2D eigenvalue weighted by Crippen LogP contribution is 2.33. The van der Waals surface area contributed by atoms with Crippen LogP contribution in [0.3, 0.4) is 0 Å². The summed E-state index contributed by atoms with van der Waals surface area (Å²) < 4.78 is 1.03. The summed E-state index contributed by atoms with van der Waals surface area (Å²) in [6, 6.07) is 24.8. The number of fused-ring (bicyclic) bond motifs is 1. The van der Waals surface area contributed by atoms with E-state index in [2.05, 4.69) is 15.6 Å². The average Bonchev–Trinajstić information content (AvgIpc) is 3.07. The topological polar surface area (TPSA) is 97.2 Å². The van der Waals surface area contributed by atoms with Crippen molar-refractivity contribution in [3.63, 3.8) is 0 Å². The minimum absolute atomic E-state index is 0.275. The summed E-state index contributed by atoms with van der Waals surface area (Å²) >= 11 is 0. The van der Waals surface area contributed by atoms with E-state index in [9.17, 15) is 14.4 Å². The van der Waals surface area contributed by atoms with Crippen LogP contribution in [0.4, 0.5) is 4.79 Å². The number of hydrogen-bond donors (Lipinski definition) is 1. The number of benzene rings is 3. The molecule has 0 aliphatic carbocycles. The summed E-state index contributed by atoms with van der Waals surface area (Å²) in [5.41, 5.74) is 0.314. The minimum atomic E-state index is -1.28. The zero-order valence-electron chi connectivity index (χ0n) is 17.0. The van der Waals surface area contributed by atoms with Gasteiger partial charge >= 0.3 is 6.03 Å². The molecule has 8 nitrogen and oxygen atoms in total. The molecule has 1 unspecified atom stereocenters. The van der Waals surface area contributed by atoms with E-state index in [0.717, 1.165) is 15.1 Å². The Morgan fingerprint density at radius 3 is 2.22 bits per heavy atom. The predicted molar refractivity (Wildman–Crippen MR) is 117 cm³/mol. The number of carbonyl (C=O) groups excluding carboxylic acids is 2. The zero-order chi connectivity index (χ0) is 22.1. The summed E-state index contributed by atoms with van der Waals surface area (Å²) in [6.45, 7) is -0.329. The molecule has 1 aliphatic heterocycles. The molecule has 0 saturated carbocycles. The second kappa shape index (κ2) is 7.73. The highest BCUT2D eigenvalue weighted by atomic mass is 16.2. The summed E-state index contributed by atoms with van der Waals surface area (Å²) in [5, 5.41) is 11.2. The summed E-state index contributed by atoms with van der Waals surface area (Å²) in [5.74, 6) is -0.445. The molecule has 0 radical (unpaired) electrons. The van der Waals surface area contributed by atoms with E-state index in [1.807, 2.05) is 60.7 Å². The molecule has 8 heteroatoms. The molecule has 2 heterocycles. The molecular weight excluding hydrogens is 406 g/mol. The lowest BCUT2D eigenvalue weighted by Gasteiger charge is -2.27. The maximum absolute atomic E-state index is 13.7. The van der Waals surface area contributed by atoms with Gasteiger partial charge < -0.3 is 5.32 Å². The number of urea groups is 1. The number of hydrogen-bond acceptors (Lipinski definition) is 5. The smallest absolute Gasteiger partial charge is 0.319 e. The maximum atomic E-state index is 13.7. The van der Waals surface area contributed by atoms with E-state index < -0.39 is 23.0 Å². The molecule has 1 fully saturated rings. The van der Waals surface area contributed by atoms with E-state index >= 15 is 0 Å². The van der Waals surface area contributed by atoms with Gasteiger partial charge in [-0.15, -0.1) is 5.10 Å². The Hall–Kier alpha value is -4.33. The van der Waals surface area contributed by atoms with Crippen molar-refractivity contribution >= 4 is 22.8 Å². The first-order valence-electron chi connectivity index (χ1n) is 10.1. The molecule has 1 saturated heterocycles. The first-order chi connectivity index (χ1) is 15.6. The number of aromatic nitrogens is 3. The van der Waals surface area contributed by atoms with Gasteiger partial charge in [-0.2, -0.15) is 4.68 Å². The van der Waals surface area contributed by atoms with Crippen molar-refractivity contribution < 1.29 is 9.59 Å². The molecule has 5 rings (SSSR count). The highest BCUT2D eigenvalue weighted by molar-refractivity contribution is 6.07. The maximum Gasteiger partial charge on any atom is 0.326 e. The van der Waals surface area contributed by atoms with Crippen molar-refractivity contribution in [1.82, 2.24) is 25.2 Å². The lowest BCUT2D eigenvalue weighted by atomic mass is 9.83. The Bertz CT molecular complexity index is 1370. The average molecular weight is 425 g/mol. The quantitative estimate of drug-likeness (QED) is 0.496. The molecule has 3 aromatic carbocycles. The number of imide groups is 1. The number of carbonyl (C=O) groups is 2. The second-order valence-corrected chi connectivity index (χ2v) is 7.65. The lowest BCUT2D eigenvalue weighted by Crippen LogP contribution is -2.46. The van der Waals surface area contributed by atoms with Crippen LogP contribution in [0.25, 0.3) is 10.9 Å². The van der Waals surface area contributed by atoms with Crippen molar-refractivity contribution in [2.45, 2.75) is 18.6 Å². The normalized spacial score (nSPS) is 18.2. The Kier molecular flexibility index (Phi) is 4.74. The van der Waals surface area contributed by atoms with Crippen molar-refractivity contribution in [2.24, 2.45) is 0 Å². The molecule has 1 aromatic heterocycles. The third kappa shape index (κ3) is 3.22. The van der Waals surface area contributed by atoms with Crippen molar-refractivity contribution in [1.29, 1.82) is 0 Å². The Labute approximate surface area is 183 Å². The first kappa shape index (κ1) is 19.6. The van der Waals surface area contributed by atoms with Gasteiger partial charge in [0.1, 0.15) is 12.2 Å². The van der Waals surface area contributed by atoms with Crippen LogP contribution in [0.2, 0.25) is 0 Å². The first-order valence-corrected chi connectivity index (χ1v) is 10.1. The molecule has 32 heavy (non-hydrogen) atoms. The van der Waals surface area contributed by atoms with Gasteiger partial charge in [0.05, 0.1) is 5.39 Å². The van der Waals surface area contributed by atoms with E-state index in [1.165, 1.54) is 0 Å². The van der Waals surface area contributed by atoms with Gasteiger partial charge in [-0.3, -0.25) is 9.59 Å². The van der Waals surface area contributed by atoms with Gasteiger partial charge in [-0.25, -0.2) is 9.69 Å². The van der Waals surface area contributed by atoms with Gasteiger partial charge in [0.15, 0.2) is 5.54 Å². The minimum Gasteiger partial charge on any atom is -0.319 e. The van der Waals surface area contributed by atoms with E-state index in [0.29, 0.717) is 16.5 Å². The summed E-state index contributed by atoms with van der Waals surface area (Å²) in [4.78, 5) is 40.5. The molecular formula is C24H19N5O3. The van der Waals surface area contributed by atoms with Gasteiger partial charge in [0.2, 0.25) is 0 Å². The molecule has 0 bridgehead atoms. The Balaban J connectivity index is 1.54. The molecule has 1 aliphatic rings. The van der Waals surface area contributed by atoms with Gasteiger partial charge in [0, 0.05) is 6.42 Å². The fourth-order valence-electron chi connectivity index (χ4n) is 4.05. The molecule has 1 N–H and O–H groups in total. The van der Waals surface area contributed by atoms with Crippen LogP contribution >= 0.6 is 0 Å². The molecule has 0 spiro atoms. The third-order valence-corrected chi connectivity index (χ3v) is 5.66. The SMILES string of the molecule is O=C1NC(Cc2ccccc2)(c2ccccc2)C(=O)N1Cn1nnc2ccccc2c1=O. The monoisotopic (exact) mass is 425 g/mol. The summed E-state index contributed by atoms with van der Waals surface area (Å²) in [7, 11) is 0. The second-order valence-electron chi connectivity index (χ2n) is 7.65. The van der Waals surface area contributed by atoms with Gasteiger partial charge in [-0.1, -0.05) is 78.0 Å². The van der Waals surface area contributed by atoms with Gasteiger partial charge in [-0.05, 0) is 23.3 Å². The number of nitrogens with one attached hydrogen (secondary N) is 1. The third-order valence-electron chi connectivity index (χ3n) is 5.66. The van der Waals surface area contributed by atoms with Gasteiger partial charge in [0.25, 0.3) is 11.5 Å². The largest absolute Gasteiger partial charge is 0.326 e. The van der Waals surface area contributed by atoms with Crippen LogP contribution in [0.5, 0.6) is 0 Å². The predicted octanol–water partition coefficient (Wildman–Crippen LogP) is 2.44. The van der Waals surface area contributed by atoms with Crippen LogP contribution in [0, 0.1) is 0 Å².